The first-order chi connectivity index (χ1) is 9.28. The fourth-order valence-corrected chi connectivity index (χ4v) is 2.73. The van der Waals surface area contributed by atoms with Crippen LogP contribution in [-0.4, -0.2) is 5.54 Å². The summed E-state index contributed by atoms with van der Waals surface area (Å²) in [6, 6.07) is 16.8. The Morgan fingerprint density at radius 1 is 1.21 bits per heavy atom. The van der Waals surface area contributed by atoms with Crippen molar-refractivity contribution < 1.29 is 0 Å². The first-order valence-corrected chi connectivity index (χ1v) is 7.38. The average Bonchev–Trinajstić information content (AvgIpc) is 2.98. The van der Waals surface area contributed by atoms with Crippen molar-refractivity contribution in [1.29, 1.82) is 5.26 Å². The highest BCUT2D eigenvalue weighted by Gasteiger charge is 2.27. The lowest BCUT2D eigenvalue weighted by Gasteiger charge is -2.26. The second-order valence-corrected chi connectivity index (χ2v) is 5.68. The van der Waals surface area contributed by atoms with Gasteiger partial charge in [-0.3, -0.25) is 5.32 Å². The van der Waals surface area contributed by atoms with Crippen molar-refractivity contribution in [3.05, 3.63) is 58.3 Å². The first-order valence-electron chi connectivity index (χ1n) is 6.50. The molecule has 1 aromatic heterocycles. The smallest absolute Gasteiger partial charge is 0.110 e. The molecule has 1 atom stereocenters. The minimum Gasteiger partial charge on any atom is -0.294 e. The highest BCUT2D eigenvalue weighted by Crippen LogP contribution is 2.19. The Labute approximate surface area is 118 Å². The highest BCUT2D eigenvalue weighted by molar-refractivity contribution is 7.09. The highest BCUT2D eigenvalue weighted by atomic mass is 32.1. The predicted octanol–water partition coefficient (Wildman–Crippen LogP) is 3.75. The third-order valence-corrected chi connectivity index (χ3v) is 4.22. The van der Waals surface area contributed by atoms with Crippen LogP contribution in [0.15, 0.2) is 47.8 Å². The lowest BCUT2D eigenvalue weighted by molar-refractivity contribution is 0.396. The van der Waals surface area contributed by atoms with Crippen LogP contribution in [0.2, 0.25) is 0 Å². The van der Waals surface area contributed by atoms with Crippen molar-refractivity contribution in [2.24, 2.45) is 0 Å². The molecule has 0 spiro atoms. The van der Waals surface area contributed by atoms with Crippen molar-refractivity contribution >= 4 is 11.3 Å². The zero-order chi connectivity index (χ0) is 13.6. The van der Waals surface area contributed by atoms with Crippen molar-refractivity contribution in [3.8, 4) is 6.07 Å². The summed E-state index contributed by atoms with van der Waals surface area (Å²) >= 11 is 1.72. The van der Waals surface area contributed by atoms with E-state index in [2.05, 4.69) is 41.9 Å². The summed E-state index contributed by atoms with van der Waals surface area (Å²) in [6.07, 6.45) is 1.54. The molecule has 1 unspecified atom stereocenters. The summed E-state index contributed by atoms with van der Waals surface area (Å²) < 4.78 is 0. The molecule has 0 saturated heterocycles. The maximum atomic E-state index is 9.56. The van der Waals surface area contributed by atoms with E-state index in [1.54, 1.807) is 11.3 Å². The molecule has 1 heterocycles. The van der Waals surface area contributed by atoms with Crippen LogP contribution in [-0.2, 0) is 13.0 Å². The van der Waals surface area contributed by atoms with Gasteiger partial charge in [-0.25, -0.2) is 0 Å². The molecule has 0 aliphatic heterocycles. The number of nitrogens with zero attached hydrogens (tertiary/aromatic N) is 1. The molecule has 2 nitrogen and oxygen atoms in total. The largest absolute Gasteiger partial charge is 0.294 e. The summed E-state index contributed by atoms with van der Waals surface area (Å²) in [5, 5.41) is 15.1. The molecule has 0 amide bonds. The van der Waals surface area contributed by atoms with Gasteiger partial charge >= 0.3 is 0 Å². The van der Waals surface area contributed by atoms with E-state index in [0.29, 0.717) is 0 Å². The maximum Gasteiger partial charge on any atom is 0.110 e. The summed E-state index contributed by atoms with van der Waals surface area (Å²) in [7, 11) is 0. The molecule has 0 radical (unpaired) electrons. The summed E-state index contributed by atoms with van der Waals surface area (Å²) in [5.74, 6) is 0. The minimum atomic E-state index is -0.481. The topological polar surface area (TPSA) is 35.8 Å². The molecule has 3 heteroatoms. The van der Waals surface area contributed by atoms with Crippen molar-refractivity contribution in [2.75, 3.05) is 0 Å². The van der Waals surface area contributed by atoms with E-state index in [9.17, 15) is 5.26 Å². The standard InChI is InChI=1S/C16H18N2S/c1-2-16(13-17,11-14-7-4-3-5-8-14)18-12-15-9-6-10-19-15/h3-10,18H,2,11-12H2,1H3. The van der Waals surface area contributed by atoms with Gasteiger partial charge in [0, 0.05) is 17.8 Å². The van der Waals surface area contributed by atoms with E-state index in [-0.39, 0.29) is 0 Å². The first kappa shape index (κ1) is 13.8. The molecule has 0 aliphatic carbocycles. The van der Waals surface area contributed by atoms with Gasteiger partial charge in [-0.05, 0) is 23.4 Å². The van der Waals surface area contributed by atoms with Crippen LogP contribution in [0.5, 0.6) is 0 Å². The van der Waals surface area contributed by atoms with Crippen LogP contribution in [0.25, 0.3) is 0 Å². The van der Waals surface area contributed by atoms with Gasteiger partial charge < -0.3 is 0 Å². The fraction of sp³-hybridized carbons (Fsp3) is 0.312. The maximum absolute atomic E-state index is 9.56. The number of nitrogens with one attached hydrogen (secondary N) is 1. The van der Waals surface area contributed by atoms with Gasteiger partial charge in [0.1, 0.15) is 5.54 Å². The van der Waals surface area contributed by atoms with Gasteiger partial charge in [-0.15, -0.1) is 11.3 Å². The van der Waals surface area contributed by atoms with Crippen LogP contribution in [0.4, 0.5) is 0 Å². The van der Waals surface area contributed by atoms with Crippen molar-refractivity contribution in [3.63, 3.8) is 0 Å². The Bertz CT molecular complexity index is 528. The fourth-order valence-electron chi connectivity index (χ4n) is 2.08. The van der Waals surface area contributed by atoms with E-state index in [4.69, 9.17) is 0 Å². The number of hydrogen-bond donors (Lipinski definition) is 1. The third-order valence-electron chi connectivity index (χ3n) is 3.35. The number of nitriles is 1. The second kappa shape index (κ2) is 6.51. The quantitative estimate of drug-likeness (QED) is 0.867. The van der Waals surface area contributed by atoms with Crippen LogP contribution >= 0.6 is 11.3 Å². The Morgan fingerprint density at radius 3 is 2.58 bits per heavy atom. The van der Waals surface area contributed by atoms with E-state index in [1.807, 2.05) is 24.3 Å². The summed E-state index contributed by atoms with van der Waals surface area (Å²) in [4.78, 5) is 1.26. The van der Waals surface area contributed by atoms with Crippen molar-refractivity contribution in [2.45, 2.75) is 31.8 Å². The number of benzene rings is 1. The molecular formula is C16H18N2S. The van der Waals surface area contributed by atoms with E-state index in [0.717, 1.165) is 19.4 Å². The molecule has 1 N–H and O–H groups in total. The van der Waals surface area contributed by atoms with Crippen LogP contribution in [0.3, 0.4) is 0 Å². The van der Waals surface area contributed by atoms with Crippen LogP contribution < -0.4 is 5.32 Å². The number of rotatable bonds is 6. The molecule has 2 rings (SSSR count). The average molecular weight is 270 g/mol. The Balaban J connectivity index is 2.07. The lowest BCUT2D eigenvalue weighted by atomic mass is 9.89. The van der Waals surface area contributed by atoms with Gasteiger partial charge in [-0.2, -0.15) is 5.26 Å². The van der Waals surface area contributed by atoms with Gasteiger partial charge in [0.25, 0.3) is 0 Å². The second-order valence-electron chi connectivity index (χ2n) is 4.64. The Morgan fingerprint density at radius 2 is 2.00 bits per heavy atom. The molecule has 0 fully saturated rings. The Hall–Kier alpha value is -1.63. The summed E-state index contributed by atoms with van der Waals surface area (Å²) in [5.41, 5.74) is 0.718. The van der Waals surface area contributed by atoms with Crippen LogP contribution in [0, 0.1) is 11.3 Å². The van der Waals surface area contributed by atoms with Gasteiger partial charge in [0.15, 0.2) is 0 Å². The van der Waals surface area contributed by atoms with Crippen LogP contribution in [0.1, 0.15) is 23.8 Å². The number of thiophene rings is 1. The number of hydrogen-bond acceptors (Lipinski definition) is 3. The third kappa shape index (κ3) is 3.66. The SMILES string of the molecule is CCC(C#N)(Cc1ccccc1)NCc1cccs1. The molecule has 0 bridgehead atoms. The lowest BCUT2D eigenvalue weighted by Crippen LogP contribution is -2.44. The van der Waals surface area contributed by atoms with E-state index < -0.39 is 5.54 Å². The zero-order valence-electron chi connectivity index (χ0n) is 11.1. The molecule has 19 heavy (non-hydrogen) atoms. The normalized spacial score (nSPS) is 13.7. The molecular weight excluding hydrogens is 252 g/mol. The molecule has 0 saturated carbocycles. The van der Waals surface area contributed by atoms with Gasteiger partial charge in [0.05, 0.1) is 6.07 Å². The minimum absolute atomic E-state index is 0.481. The van der Waals surface area contributed by atoms with Crippen molar-refractivity contribution in [1.82, 2.24) is 5.32 Å². The van der Waals surface area contributed by atoms with Gasteiger partial charge in [0.2, 0.25) is 0 Å². The van der Waals surface area contributed by atoms with E-state index in [1.165, 1.54) is 10.4 Å². The molecule has 0 aliphatic rings. The summed E-state index contributed by atoms with van der Waals surface area (Å²) in [6.45, 7) is 2.82. The van der Waals surface area contributed by atoms with E-state index >= 15 is 0 Å². The zero-order valence-corrected chi connectivity index (χ0v) is 11.9. The van der Waals surface area contributed by atoms with Gasteiger partial charge in [-0.1, -0.05) is 43.3 Å². The predicted molar refractivity (Wildman–Crippen MR) is 79.9 cm³/mol. The molecule has 1 aromatic carbocycles. The monoisotopic (exact) mass is 270 g/mol. The molecule has 2 aromatic rings. The Kier molecular flexibility index (Phi) is 4.73. The molecule has 98 valence electrons.